The highest BCUT2D eigenvalue weighted by molar-refractivity contribution is 5.84. The van der Waals surface area contributed by atoms with E-state index in [1.165, 1.54) is 16.5 Å². The van der Waals surface area contributed by atoms with Crippen LogP contribution in [-0.4, -0.2) is 15.6 Å². The normalized spacial score (nSPS) is 12.9. The largest absolute Gasteiger partial charge is 0.481 e. The Morgan fingerprint density at radius 2 is 2.18 bits per heavy atom. The van der Waals surface area contributed by atoms with Gasteiger partial charge in [0.25, 0.3) is 0 Å². The molecule has 3 nitrogen and oxygen atoms in total. The summed E-state index contributed by atoms with van der Waals surface area (Å²) < 4.78 is 2.09. The highest BCUT2D eigenvalue weighted by Gasteiger charge is 2.12. The lowest BCUT2D eigenvalue weighted by atomic mass is 9.95. The van der Waals surface area contributed by atoms with Crippen LogP contribution in [0.5, 0.6) is 0 Å². The maximum Gasteiger partial charge on any atom is 0.303 e. The second-order valence-corrected chi connectivity index (χ2v) is 4.70. The summed E-state index contributed by atoms with van der Waals surface area (Å²) in [6.07, 6.45) is 2.21. The fourth-order valence-corrected chi connectivity index (χ4v) is 2.38. The molecule has 1 N–H and O–H groups in total. The summed E-state index contributed by atoms with van der Waals surface area (Å²) in [6.45, 7) is 4.02. The molecule has 0 radical (unpaired) electrons. The second kappa shape index (κ2) is 4.24. The van der Waals surface area contributed by atoms with E-state index in [1.54, 1.807) is 0 Å². The average Bonchev–Trinajstić information content (AvgIpc) is 2.59. The first-order chi connectivity index (χ1) is 7.99. The van der Waals surface area contributed by atoms with Gasteiger partial charge >= 0.3 is 5.97 Å². The molecule has 2 rings (SSSR count). The fourth-order valence-electron chi connectivity index (χ4n) is 2.38. The predicted octanol–water partition coefficient (Wildman–Crippen LogP) is 3.06. The first-order valence-corrected chi connectivity index (χ1v) is 5.76. The molecule has 0 aliphatic rings. The number of aryl methyl sites for hydroxylation is 2. The zero-order valence-corrected chi connectivity index (χ0v) is 10.4. The molecule has 1 atom stereocenters. The quantitative estimate of drug-likeness (QED) is 0.882. The SMILES string of the molecule is Cc1cc(C(C)CC(=O)O)cc2ccn(C)c12. The van der Waals surface area contributed by atoms with Crippen molar-refractivity contribution in [1.29, 1.82) is 0 Å². The van der Waals surface area contributed by atoms with Crippen molar-refractivity contribution in [3.8, 4) is 0 Å². The molecule has 1 aromatic carbocycles. The van der Waals surface area contributed by atoms with E-state index < -0.39 is 5.97 Å². The number of carbonyl (C=O) groups is 1. The van der Waals surface area contributed by atoms with Gasteiger partial charge in [0.05, 0.1) is 11.9 Å². The minimum Gasteiger partial charge on any atom is -0.481 e. The lowest BCUT2D eigenvalue weighted by molar-refractivity contribution is -0.137. The third-order valence-electron chi connectivity index (χ3n) is 3.23. The van der Waals surface area contributed by atoms with Crippen LogP contribution in [0.25, 0.3) is 10.9 Å². The Hall–Kier alpha value is -1.77. The van der Waals surface area contributed by atoms with Crippen LogP contribution < -0.4 is 0 Å². The number of carboxylic acid groups (broad SMARTS) is 1. The van der Waals surface area contributed by atoms with E-state index in [2.05, 4.69) is 29.7 Å². The van der Waals surface area contributed by atoms with E-state index in [1.807, 2.05) is 20.2 Å². The van der Waals surface area contributed by atoms with Crippen LogP contribution in [0, 0.1) is 6.92 Å². The summed E-state index contributed by atoms with van der Waals surface area (Å²) in [7, 11) is 2.02. The van der Waals surface area contributed by atoms with Crippen LogP contribution in [-0.2, 0) is 11.8 Å². The smallest absolute Gasteiger partial charge is 0.303 e. The predicted molar refractivity (Wildman–Crippen MR) is 68.3 cm³/mol. The molecule has 90 valence electrons. The zero-order valence-electron chi connectivity index (χ0n) is 10.4. The van der Waals surface area contributed by atoms with Gasteiger partial charge in [-0.15, -0.1) is 0 Å². The van der Waals surface area contributed by atoms with Gasteiger partial charge in [-0.3, -0.25) is 4.79 Å². The summed E-state index contributed by atoms with van der Waals surface area (Å²) >= 11 is 0. The number of aliphatic carboxylic acids is 1. The Morgan fingerprint density at radius 3 is 2.82 bits per heavy atom. The minimum absolute atomic E-state index is 0.0517. The van der Waals surface area contributed by atoms with Gasteiger partial charge in [0.2, 0.25) is 0 Å². The highest BCUT2D eigenvalue weighted by Crippen LogP contribution is 2.27. The van der Waals surface area contributed by atoms with Crippen LogP contribution in [0.4, 0.5) is 0 Å². The molecule has 1 unspecified atom stereocenters. The van der Waals surface area contributed by atoms with E-state index in [0.717, 1.165) is 5.56 Å². The van der Waals surface area contributed by atoms with Crippen molar-refractivity contribution in [2.24, 2.45) is 7.05 Å². The summed E-state index contributed by atoms with van der Waals surface area (Å²) in [4.78, 5) is 10.7. The van der Waals surface area contributed by atoms with Gasteiger partial charge < -0.3 is 9.67 Å². The first kappa shape index (κ1) is 11.7. The third kappa shape index (κ3) is 2.18. The van der Waals surface area contributed by atoms with Gasteiger partial charge in [-0.05, 0) is 36.1 Å². The lowest BCUT2D eigenvalue weighted by Gasteiger charge is -2.11. The molecule has 3 heteroatoms. The van der Waals surface area contributed by atoms with Crippen molar-refractivity contribution in [3.63, 3.8) is 0 Å². The number of fused-ring (bicyclic) bond motifs is 1. The van der Waals surface area contributed by atoms with E-state index in [4.69, 9.17) is 5.11 Å². The fraction of sp³-hybridized carbons (Fsp3) is 0.357. The standard InChI is InChI=1S/C14H17NO2/c1-9(7-13(16)17)12-6-10(2)14-11(8-12)4-5-15(14)3/h4-6,8-9H,7H2,1-3H3,(H,16,17). The van der Waals surface area contributed by atoms with Crippen LogP contribution >= 0.6 is 0 Å². The molecular formula is C14H17NO2. The average molecular weight is 231 g/mol. The molecule has 0 aliphatic heterocycles. The number of hydrogen-bond acceptors (Lipinski definition) is 1. The molecular weight excluding hydrogens is 214 g/mol. The van der Waals surface area contributed by atoms with E-state index in [9.17, 15) is 4.79 Å². The summed E-state index contributed by atoms with van der Waals surface area (Å²) in [6, 6.07) is 6.26. The molecule has 0 spiro atoms. The van der Waals surface area contributed by atoms with Crippen molar-refractivity contribution in [1.82, 2.24) is 4.57 Å². The van der Waals surface area contributed by atoms with Crippen molar-refractivity contribution in [2.45, 2.75) is 26.2 Å². The van der Waals surface area contributed by atoms with E-state index >= 15 is 0 Å². The van der Waals surface area contributed by atoms with E-state index in [-0.39, 0.29) is 12.3 Å². The number of benzene rings is 1. The topological polar surface area (TPSA) is 42.2 Å². The maximum atomic E-state index is 10.7. The van der Waals surface area contributed by atoms with Gasteiger partial charge in [-0.2, -0.15) is 0 Å². The maximum absolute atomic E-state index is 10.7. The first-order valence-electron chi connectivity index (χ1n) is 5.76. The van der Waals surface area contributed by atoms with Crippen LogP contribution in [0.15, 0.2) is 24.4 Å². The third-order valence-corrected chi connectivity index (χ3v) is 3.23. The van der Waals surface area contributed by atoms with Gasteiger partial charge in [0, 0.05) is 18.6 Å². The van der Waals surface area contributed by atoms with Crippen molar-refractivity contribution >= 4 is 16.9 Å². The Bertz CT molecular complexity index is 569. The van der Waals surface area contributed by atoms with Crippen molar-refractivity contribution in [2.75, 3.05) is 0 Å². The molecule has 0 bridgehead atoms. The lowest BCUT2D eigenvalue weighted by Crippen LogP contribution is -2.03. The number of aromatic nitrogens is 1. The Morgan fingerprint density at radius 1 is 1.47 bits per heavy atom. The molecule has 0 aliphatic carbocycles. The minimum atomic E-state index is -0.747. The molecule has 0 amide bonds. The summed E-state index contributed by atoms with van der Waals surface area (Å²) in [5.74, 6) is -0.695. The molecule has 0 saturated heterocycles. The van der Waals surface area contributed by atoms with Crippen molar-refractivity contribution in [3.05, 3.63) is 35.5 Å². The van der Waals surface area contributed by atoms with Gasteiger partial charge in [0.15, 0.2) is 0 Å². The molecule has 0 fully saturated rings. The molecule has 17 heavy (non-hydrogen) atoms. The monoisotopic (exact) mass is 231 g/mol. The Balaban J connectivity index is 2.46. The molecule has 0 saturated carbocycles. The second-order valence-electron chi connectivity index (χ2n) is 4.70. The number of carboxylic acids is 1. The van der Waals surface area contributed by atoms with Crippen LogP contribution in [0.3, 0.4) is 0 Å². The van der Waals surface area contributed by atoms with Gasteiger partial charge in [-0.1, -0.05) is 13.0 Å². The highest BCUT2D eigenvalue weighted by atomic mass is 16.4. The summed E-state index contributed by atoms with van der Waals surface area (Å²) in [5.41, 5.74) is 3.52. The van der Waals surface area contributed by atoms with Crippen molar-refractivity contribution < 1.29 is 9.90 Å². The Labute approximate surface area is 101 Å². The number of rotatable bonds is 3. The zero-order chi connectivity index (χ0) is 12.6. The van der Waals surface area contributed by atoms with Crippen LogP contribution in [0.1, 0.15) is 30.4 Å². The summed E-state index contributed by atoms with van der Waals surface area (Å²) in [5, 5.41) is 10.0. The number of nitrogens with zero attached hydrogens (tertiary/aromatic N) is 1. The number of hydrogen-bond donors (Lipinski definition) is 1. The Kier molecular flexibility index (Phi) is 2.92. The van der Waals surface area contributed by atoms with E-state index in [0.29, 0.717) is 0 Å². The molecule has 2 aromatic rings. The van der Waals surface area contributed by atoms with Crippen LogP contribution in [0.2, 0.25) is 0 Å². The van der Waals surface area contributed by atoms with Gasteiger partial charge in [0.1, 0.15) is 0 Å². The van der Waals surface area contributed by atoms with Gasteiger partial charge in [-0.25, -0.2) is 0 Å². The molecule has 1 aromatic heterocycles. The molecule has 1 heterocycles.